The van der Waals surface area contributed by atoms with Crippen molar-refractivity contribution in [3.63, 3.8) is 0 Å². The van der Waals surface area contributed by atoms with Crippen LogP contribution in [0.2, 0.25) is 0 Å². The Kier molecular flexibility index (Phi) is 3.81. The van der Waals surface area contributed by atoms with Gasteiger partial charge in [-0.3, -0.25) is 4.79 Å². The van der Waals surface area contributed by atoms with Gasteiger partial charge in [0.25, 0.3) is 5.91 Å². The number of rotatable bonds is 1. The molecule has 1 saturated heterocycles. The quantitative estimate of drug-likeness (QED) is 0.856. The fraction of sp³-hybridized carbons (Fsp3) is 0.562. The summed E-state index contributed by atoms with van der Waals surface area (Å²) in [5, 5.41) is 3.37. The molecular weight excluding hydrogens is 252 g/mol. The maximum atomic E-state index is 12.5. The summed E-state index contributed by atoms with van der Waals surface area (Å²) in [7, 11) is 0. The zero-order chi connectivity index (χ0) is 13.9. The van der Waals surface area contributed by atoms with Gasteiger partial charge in [0.1, 0.15) is 5.75 Å². The lowest BCUT2D eigenvalue weighted by Crippen LogP contribution is -2.35. The van der Waals surface area contributed by atoms with E-state index < -0.39 is 0 Å². The summed E-state index contributed by atoms with van der Waals surface area (Å²) in [6.07, 6.45) is 3.47. The number of hydrogen-bond donors (Lipinski definition) is 1. The van der Waals surface area contributed by atoms with Crippen LogP contribution in [0, 0.1) is 5.92 Å². The summed E-state index contributed by atoms with van der Waals surface area (Å²) < 4.78 is 5.81. The Morgan fingerprint density at radius 2 is 2.10 bits per heavy atom. The van der Waals surface area contributed by atoms with Crippen LogP contribution in [0.5, 0.6) is 5.75 Å². The first kappa shape index (κ1) is 13.3. The predicted molar refractivity (Wildman–Crippen MR) is 79.3 cm³/mol. The molecule has 1 aromatic rings. The first-order valence-electron chi connectivity index (χ1n) is 7.54. The van der Waals surface area contributed by atoms with Crippen LogP contribution in [0.25, 0.3) is 0 Å². The smallest absolute Gasteiger partial charge is 0.253 e. The van der Waals surface area contributed by atoms with Gasteiger partial charge >= 0.3 is 0 Å². The van der Waals surface area contributed by atoms with Crippen LogP contribution in [0.15, 0.2) is 18.2 Å². The molecule has 1 atom stereocenters. The summed E-state index contributed by atoms with van der Waals surface area (Å²) >= 11 is 0. The van der Waals surface area contributed by atoms with E-state index >= 15 is 0 Å². The molecule has 0 radical (unpaired) electrons. The molecule has 4 heteroatoms. The summed E-state index contributed by atoms with van der Waals surface area (Å²) in [6.45, 7) is 5.52. The topological polar surface area (TPSA) is 41.6 Å². The third-order valence-corrected chi connectivity index (χ3v) is 4.04. The highest BCUT2D eigenvalue weighted by Gasteiger charge is 2.20. The van der Waals surface area contributed by atoms with E-state index in [-0.39, 0.29) is 5.91 Å². The number of fused-ring (bicyclic) bond motifs is 1. The van der Waals surface area contributed by atoms with Gasteiger partial charge in [0.15, 0.2) is 0 Å². The summed E-state index contributed by atoms with van der Waals surface area (Å²) in [6, 6.07) is 5.75. The molecule has 0 bridgehead atoms. The molecule has 0 spiro atoms. The van der Waals surface area contributed by atoms with Gasteiger partial charge < -0.3 is 15.0 Å². The second kappa shape index (κ2) is 5.73. The molecule has 20 heavy (non-hydrogen) atoms. The van der Waals surface area contributed by atoms with Crippen LogP contribution in [0.4, 0.5) is 5.69 Å². The standard InChI is InChI=1S/C16H22N2O2/c1-12-10-17-14-6-5-13(9-15(14)20-11-12)16(19)18-7-3-2-4-8-18/h5-6,9,12,17H,2-4,7-8,10-11H2,1H3. The Bertz CT molecular complexity index is 495. The van der Waals surface area contributed by atoms with E-state index in [0.29, 0.717) is 12.5 Å². The molecule has 1 unspecified atom stereocenters. The normalized spacial score (nSPS) is 22.2. The maximum absolute atomic E-state index is 12.5. The molecule has 2 aliphatic rings. The zero-order valence-electron chi connectivity index (χ0n) is 12.0. The van der Waals surface area contributed by atoms with Crippen LogP contribution in [0.3, 0.4) is 0 Å². The van der Waals surface area contributed by atoms with Crippen LogP contribution in [-0.4, -0.2) is 37.0 Å². The van der Waals surface area contributed by atoms with Crippen molar-refractivity contribution in [1.29, 1.82) is 0 Å². The first-order chi connectivity index (χ1) is 9.74. The Hall–Kier alpha value is -1.71. The predicted octanol–water partition coefficient (Wildman–Crippen LogP) is 2.75. The number of ether oxygens (including phenoxy) is 1. The highest BCUT2D eigenvalue weighted by molar-refractivity contribution is 5.95. The number of piperidine rings is 1. The Morgan fingerprint density at radius 1 is 1.30 bits per heavy atom. The largest absolute Gasteiger partial charge is 0.491 e. The molecule has 3 rings (SSSR count). The summed E-state index contributed by atoms with van der Waals surface area (Å²) in [4.78, 5) is 14.4. The van der Waals surface area contributed by atoms with E-state index in [9.17, 15) is 4.79 Å². The maximum Gasteiger partial charge on any atom is 0.253 e. The molecule has 108 valence electrons. The second-order valence-corrected chi connectivity index (χ2v) is 5.86. The molecule has 4 nitrogen and oxygen atoms in total. The fourth-order valence-corrected chi connectivity index (χ4v) is 2.78. The van der Waals surface area contributed by atoms with Crippen LogP contribution in [-0.2, 0) is 0 Å². The van der Waals surface area contributed by atoms with Crippen LogP contribution >= 0.6 is 0 Å². The number of likely N-dealkylation sites (tertiary alicyclic amines) is 1. The molecule has 0 aliphatic carbocycles. The van der Waals surface area contributed by atoms with E-state index in [2.05, 4.69) is 12.2 Å². The van der Waals surface area contributed by atoms with Gasteiger partial charge in [-0.25, -0.2) is 0 Å². The van der Waals surface area contributed by atoms with Gasteiger partial charge in [-0.2, -0.15) is 0 Å². The number of benzene rings is 1. The van der Waals surface area contributed by atoms with Crippen LogP contribution < -0.4 is 10.1 Å². The zero-order valence-corrected chi connectivity index (χ0v) is 12.0. The first-order valence-corrected chi connectivity index (χ1v) is 7.54. The van der Waals surface area contributed by atoms with E-state index in [1.165, 1.54) is 6.42 Å². The number of nitrogens with zero attached hydrogens (tertiary/aromatic N) is 1. The average Bonchev–Trinajstić information content (AvgIpc) is 2.69. The monoisotopic (exact) mass is 274 g/mol. The highest BCUT2D eigenvalue weighted by Crippen LogP contribution is 2.29. The number of amides is 1. The molecule has 1 amide bonds. The minimum absolute atomic E-state index is 0.133. The van der Waals surface area contributed by atoms with Crippen molar-refractivity contribution in [2.45, 2.75) is 26.2 Å². The van der Waals surface area contributed by atoms with E-state index in [4.69, 9.17) is 4.74 Å². The SMILES string of the molecule is CC1CNc2ccc(C(=O)N3CCCCC3)cc2OC1. The van der Waals surface area contributed by atoms with Crippen molar-refractivity contribution < 1.29 is 9.53 Å². The lowest BCUT2D eigenvalue weighted by molar-refractivity contribution is 0.0724. The molecule has 2 heterocycles. The van der Waals surface area contributed by atoms with Gasteiger partial charge in [0.2, 0.25) is 0 Å². The number of carbonyl (C=O) groups excluding carboxylic acids is 1. The molecule has 1 fully saturated rings. The molecule has 2 aliphatic heterocycles. The lowest BCUT2D eigenvalue weighted by Gasteiger charge is -2.27. The third-order valence-electron chi connectivity index (χ3n) is 4.04. The van der Waals surface area contributed by atoms with Gasteiger partial charge in [0.05, 0.1) is 12.3 Å². The second-order valence-electron chi connectivity index (χ2n) is 5.86. The molecule has 1 N–H and O–H groups in total. The third kappa shape index (κ3) is 2.74. The lowest BCUT2D eigenvalue weighted by atomic mass is 10.1. The number of hydrogen-bond acceptors (Lipinski definition) is 3. The van der Waals surface area contributed by atoms with Crippen molar-refractivity contribution in [1.82, 2.24) is 4.90 Å². The molecular formula is C16H22N2O2. The van der Waals surface area contributed by atoms with Gasteiger partial charge in [-0.15, -0.1) is 0 Å². The molecule has 0 saturated carbocycles. The van der Waals surface area contributed by atoms with Gasteiger partial charge in [-0.05, 0) is 37.5 Å². The van der Waals surface area contributed by atoms with Gasteiger partial charge in [0, 0.05) is 31.1 Å². The highest BCUT2D eigenvalue weighted by atomic mass is 16.5. The van der Waals surface area contributed by atoms with E-state index in [1.807, 2.05) is 23.1 Å². The minimum atomic E-state index is 0.133. The van der Waals surface area contributed by atoms with Crippen molar-refractivity contribution in [3.05, 3.63) is 23.8 Å². The Balaban J connectivity index is 1.79. The average molecular weight is 274 g/mol. The molecule has 0 aromatic heterocycles. The summed E-state index contributed by atoms with van der Waals surface area (Å²) in [5.74, 6) is 1.41. The van der Waals surface area contributed by atoms with E-state index in [0.717, 1.165) is 49.5 Å². The van der Waals surface area contributed by atoms with Gasteiger partial charge in [-0.1, -0.05) is 6.92 Å². The van der Waals surface area contributed by atoms with Crippen LogP contribution in [0.1, 0.15) is 36.5 Å². The number of nitrogens with one attached hydrogen (secondary N) is 1. The fourth-order valence-electron chi connectivity index (χ4n) is 2.78. The van der Waals surface area contributed by atoms with Crippen molar-refractivity contribution in [2.75, 3.05) is 31.6 Å². The summed E-state index contributed by atoms with van der Waals surface area (Å²) in [5.41, 5.74) is 1.73. The minimum Gasteiger partial charge on any atom is -0.491 e. The van der Waals surface area contributed by atoms with Crippen molar-refractivity contribution in [3.8, 4) is 5.75 Å². The van der Waals surface area contributed by atoms with E-state index in [1.54, 1.807) is 0 Å². The van der Waals surface area contributed by atoms with Crippen molar-refractivity contribution >= 4 is 11.6 Å². The van der Waals surface area contributed by atoms with Crippen molar-refractivity contribution in [2.24, 2.45) is 5.92 Å². The number of carbonyl (C=O) groups is 1. The number of anilines is 1. The Morgan fingerprint density at radius 3 is 2.90 bits per heavy atom. The molecule has 1 aromatic carbocycles. The Labute approximate surface area is 120 Å².